The normalized spacial score (nSPS) is 21.1. The first kappa shape index (κ1) is 11.5. The smallest absolute Gasteiger partial charge is 0.147 e. The van der Waals surface area contributed by atoms with Gasteiger partial charge in [0.1, 0.15) is 5.82 Å². The summed E-state index contributed by atoms with van der Waals surface area (Å²) in [6.45, 7) is 4.51. The van der Waals surface area contributed by atoms with Gasteiger partial charge in [0.05, 0.1) is 29.6 Å². The molecule has 2 heterocycles. The van der Waals surface area contributed by atoms with Crippen LogP contribution in [0.1, 0.15) is 13.3 Å². The zero-order chi connectivity index (χ0) is 11.5. The van der Waals surface area contributed by atoms with Gasteiger partial charge in [-0.3, -0.25) is 0 Å². The van der Waals surface area contributed by atoms with Crippen molar-refractivity contribution in [2.24, 2.45) is 0 Å². The van der Waals surface area contributed by atoms with Crippen molar-refractivity contribution in [3.63, 3.8) is 0 Å². The first-order valence-corrected chi connectivity index (χ1v) is 5.86. The zero-order valence-electron chi connectivity index (χ0n) is 9.32. The number of hydrogen-bond donors (Lipinski definition) is 1. The van der Waals surface area contributed by atoms with E-state index >= 15 is 0 Å². The Morgan fingerprint density at radius 3 is 3.19 bits per heavy atom. The predicted molar refractivity (Wildman–Crippen MR) is 65.9 cm³/mol. The van der Waals surface area contributed by atoms with Crippen LogP contribution in [-0.4, -0.2) is 30.8 Å². The molecule has 2 N–H and O–H groups in total. The molecule has 0 radical (unpaired) electrons. The van der Waals surface area contributed by atoms with Gasteiger partial charge in [-0.2, -0.15) is 0 Å². The van der Waals surface area contributed by atoms with E-state index in [4.69, 9.17) is 22.1 Å². The van der Waals surface area contributed by atoms with E-state index in [9.17, 15) is 0 Å². The number of nitrogen functional groups attached to an aromatic ring is 1. The molecule has 1 atom stereocenters. The minimum absolute atomic E-state index is 0.268. The summed E-state index contributed by atoms with van der Waals surface area (Å²) < 4.78 is 5.61. The molecule has 1 aliphatic rings. The van der Waals surface area contributed by atoms with Gasteiger partial charge in [0.2, 0.25) is 0 Å². The largest absolute Gasteiger partial charge is 0.397 e. The van der Waals surface area contributed by atoms with Crippen LogP contribution < -0.4 is 10.6 Å². The Labute approximate surface area is 100 Å². The number of ether oxygens (including phenoxy) is 1. The van der Waals surface area contributed by atoms with Gasteiger partial charge < -0.3 is 15.4 Å². The Bertz CT molecular complexity index is 372. The van der Waals surface area contributed by atoms with Gasteiger partial charge in [0.15, 0.2) is 0 Å². The topological polar surface area (TPSA) is 51.4 Å². The van der Waals surface area contributed by atoms with Gasteiger partial charge in [0, 0.05) is 13.1 Å². The zero-order valence-corrected chi connectivity index (χ0v) is 10.1. The average Bonchev–Trinajstić information content (AvgIpc) is 2.29. The molecular formula is C11H16ClN3O. The Hall–Kier alpha value is -1.00. The molecule has 1 unspecified atom stereocenters. The maximum Gasteiger partial charge on any atom is 0.147 e. The fourth-order valence-corrected chi connectivity index (χ4v) is 2.13. The highest BCUT2D eigenvalue weighted by molar-refractivity contribution is 6.33. The Morgan fingerprint density at radius 1 is 1.69 bits per heavy atom. The number of morpholine rings is 1. The van der Waals surface area contributed by atoms with E-state index in [-0.39, 0.29) is 6.10 Å². The van der Waals surface area contributed by atoms with Crippen LogP contribution in [-0.2, 0) is 4.74 Å². The molecule has 5 heteroatoms. The lowest BCUT2D eigenvalue weighted by atomic mass is 10.2. The van der Waals surface area contributed by atoms with Crippen LogP contribution in [0.3, 0.4) is 0 Å². The van der Waals surface area contributed by atoms with Crippen LogP contribution in [0.15, 0.2) is 12.3 Å². The van der Waals surface area contributed by atoms with Gasteiger partial charge in [-0.25, -0.2) is 4.98 Å². The van der Waals surface area contributed by atoms with Gasteiger partial charge >= 0.3 is 0 Å². The number of nitrogens with two attached hydrogens (primary N) is 1. The third-order valence-corrected chi connectivity index (χ3v) is 3.01. The standard InChI is InChI=1S/C11H16ClN3O/c1-2-9-7-15(3-4-16-9)11-10(12)5-8(13)6-14-11/h5-6,9H,2-4,7,13H2,1H3. The third-order valence-electron chi connectivity index (χ3n) is 2.74. The van der Waals surface area contributed by atoms with E-state index in [1.165, 1.54) is 0 Å². The average molecular weight is 242 g/mol. The van der Waals surface area contributed by atoms with Crippen LogP contribution in [0, 0.1) is 0 Å². The molecule has 0 spiro atoms. The van der Waals surface area contributed by atoms with E-state index in [1.807, 2.05) is 0 Å². The summed E-state index contributed by atoms with van der Waals surface area (Å²) in [5, 5.41) is 0.608. The molecule has 1 fully saturated rings. The summed E-state index contributed by atoms with van der Waals surface area (Å²) in [7, 11) is 0. The molecule has 1 aromatic heterocycles. The quantitative estimate of drug-likeness (QED) is 0.860. The summed E-state index contributed by atoms with van der Waals surface area (Å²) in [6.07, 6.45) is 2.91. The summed E-state index contributed by atoms with van der Waals surface area (Å²) in [6, 6.07) is 1.74. The van der Waals surface area contributed by atoms with Crippen molar-refractivity contribution < 1.29 is 4.74 Å². The number of halogens is 1. The second-order valence-electron chi connectivity index (χ2n) is 3.92. The molecular weight excluding hydrogens is 226 g/mol. The van der Waals surface area contributed by atoms with E-state index < -0.39 is 0 Å². The van der Waals surface area contributed by atoms with E-state index in [0.29, 0.717) is 10.7 Å². The molecule has 1 saturated heterocycles. The predicted octanol–water partition coefficient (Wildman–Crippen LogP) is 1.93. The number of pyridine rings is 1. The second-order valence-corrected chi connectivity index (χ2v) is 4.33. The molecule has 0 amide bonds. The number of hydrogen-bond acceptors (Lipinski definition) is 4. The second kappa shape index (κ2) is 4.89. The van der Waals surface area contributed by atoms with Crippen molar-refractivity contribution in [1.82, 2.24) is 4.98 Å². The number of nitrogens with zero attached hydrogens (tertiary/aromatic N) is 2. The fourth-order valence-electron chi connectivity index (χ4n) is 1.84. The van der Waals surface area contributed by atoms with Crippen LogP contribution in [0.2, 0.25) is 5.02 Å². The molecule has 0 saturated carbocycles. The number of anilines is 2. The van der Waals surface area contributed by atoms with Crippen molar-refractivity contribution in [1.29, 1.82) is 0 Å². The lowest BCUT2D eigenvalue weighted by Gasteiger charge is -2.33. The summed E-state index contributed by atoms with van der Waals surface area (Å²) in [5.41, 5.74) is 6.21. The molecule has 88 valence electrons. The Kier molecular flexibility index (Phi) is 3.51. The molecule has 16 heavy (non-hydrogen) atoms. The molecule has 4 nitrogen and oxygen atoms in total. The van der Waals surface area contributed by atoms with Crippen LogP contribution in [0.5, 0.6) is 0 Å². The van der Waals surface area contributed by atoms with E-state index in [1.54, 1.807) is 12.3 Å². The molecule has 2 rings (SSSR count). The number of aromatic nitrogens is 1. The molecule has 0 bridgehead atoms. The van der Waals surface area contributed by atoms with E-state index in [2.05, 4.69) is 16.8 Å². The highest BCUT2D eigenvalue weighted by Gasteiger charge is 2.21. The van der Waals surface area contributed by atoms with Gasteiger partial charge in [-0.1, -0.05) is 18.5 Å². The third kappa shape index (κ3) is 2.39. The van der Waals surface area contributed by atoms with Gasteiger partial charge in [-0.05, 0) is 12.5 Å². The van der Waals surface area contributed by atoms with Crippen molar-refractivity contribution in [2.45, 2.75) is 19.4 Å². The van der Waals surface area contributed by atoms with Gasteiger partial charge in [0.25, 0.3) is 0 Å². The summed E-state index contributed by atoms with van der Waals surface area (Å²) >= 11 is 6.13. The monoisotopic (exact) mass is 241 g/mol. The van der Waals surface area contributed by atoms with Crippen molar-refractivity contribution >= 4 is 23.1 Å². The molecule has 0 aromatic carbocycles. The molecule has 0 aliphatic carbocycles. The van der Waals surface area contributed by atoms with E-state index in [0.717, 1.165) is 31.9 Å². The lowest BCUT2D eigenvalue weighted by Crippen LogP contribution is -2.42. The highest BCUT2D eigenvalue weighted by Crippen LogP contribution is 2.26. The molecule has 1 aliphatic heterocycles. The van der Waals surface area contributed by atoms with Crippen molar-refractivity contribution in [2.75, 3.05) is 30.3 Å². The fraction of sp³-hybridized carbons (Fsp3) is 0.545. The summed E-state index contributed by atoms with van der Waals surface area (Å²) in [4.78, 5) is 6.44. The van der Waals surface area contributed by atoms with Crippen LogP contribution in [0.25, 0.3) is 0 Å². The minimum atomic E-state index is 0.268. The van der Waals surface area contributed by atoms with Gasteiger partial charge in [-0.15, -0.1) is 0 Å². The van der Waals surface area contributed by atoms with Crippen LogP contribution >= 0.6 is 11.6 Å². The SMILES string of the molecule is CCC1CN(c2ncc(N)cc2Cl)CCO1. The first-order valence-electron chi connectivity index (χ1n) is 5.48. The van der Waals surface area contributed by atoms with Crippen LogP contribution in [0.4, 0.5) is 11.5 Å². The van der Waals surface area contributed by atoms with Crippen molar-refractivity contribution in [3.8, 4) is 0 Å². The Balaban J connectivity index is 2.16. The molecule has 1 aromatic rings. The van der Waals surface area contributed by atoms with Crippen molar-refractivity contribution in [3.05, 3.63) is 17.3 Å². The minimum Gasteiger partial charge on any atom is -0.397 e. The lowest BCUT2D eigenvalue weighted by molar-refractivity contribution is 0.0382. The first-order chi connectivity index (χ1) is 7.70. The summed E-state index contributed by atoms with van der Waals surface area (Å²) in [5.74, 6) is 0.803. The highest BCUT2D eigenvalue weighted by atomic mass is 35.5. The Morgan fingerprint density at radius 2 is 2.50 bits per heavy atom. The maximum atomic E-state index is 6.13. The maximum absolute atomic E-state index is 6.13. The number of rotatable bonds is 2.